The number of aryl methyl sites for hydroxylation is 2. The third-order valence-corrected chi connectivity index (χ3v) is 5.66. The Labute approximate surface area is 165 Å². The molecule has 7 heteroatoms. The Hall–Kier alpha value is -3.06. The second kappa shape index (κ2) is 7.90. The van der Waals surface area contributed by atoms with Crippen molar-refractivity contribution in [1.82, 2.24) is 19.6 Å². The van der Waals surface area contributed by atoms with Gasteiger partial charge in [0.2, 0.25) is 10.8 Å². The van der Waals surface area contributed by atoms with E-state index in [0.717, 1.165) is 11.1 Å². The average molecular weight is 392 g/mol. The summed E-state index contributed by atoms with van der Waals surface area (Å²) in [5.74, 6) is 0.688. The minimum Gasteiger partial charge on any atom is -0.469 e. The molecule has 4 rings (SSSR count). The van der Waals surface area contributed by atoms with Crippen molar-refractivity contribution in [2.75, 3.05) is 0 Å². The molecule has 0 spiro atoms. The number of aromatic nitrogens is 4. The number of benzene rings is 2. The van der Waals surface area contributed by atoms with Gasteiger partial charge in [-0.2, -0.15) is 0 Å². The Morgan fingerprint density at radius 3 is 2.25 bits per heavy atom. The first-order valence-corrected chi connectivity index (χ1v) is 10.2. The highest BCUT2D eigenvalue weighted by Gasteiger charge is 2.16. The maximum Gasteiger partial charge on any atom is 0.278 e. The van der Waals surface area contributed by atoms with Gasteiger partial charge in [0, 0.05) is 12.4 Å². The average Bonchev–Trinajstić information content (AvgIpc) is 3.19. The summed E-state index contributed by atoms with van der Waals surface area (Å²) < 4.78 is 20.3. The Morgan fingerprint density at radius 1 is 0.929 bits per heavy atom. The normalized spacial score (nSPS) is 12.2. The summed E-state index contributed by atoms with van der Waals surface area (Å²) in [5, 5.41) is 8.66. The van der Waals surface area contributed by atoms with Crippen LogP contribution in [-0.2, 0) is 23.2 Å². The molecule has 0 saturated carbocycles. The van der Waals surface area contributed by atoms with E-state index in [1.165, 1.54) is 11.1 Å². The van der Waals surface area contributed by atoms with Gasteiger partial charge in [-0.25, -0.2) is 4.98 Å². The topological polar surface area (TPSA) is 69.4 Å². The van der Waals surface area contributed by atoms with Gasteiger partial charge < -0.3 is 4.74 Å². The molecule has 0 radical (unpaired) electrons. The highest BCUT2D eigenvalue weighted by atomic mass is 32.2. The Kier molecular flexibility index (Phi) is 5.16. The van der Waals surface area contributed by atoms with Gasteiger partial charge in [0.15, 0.2) is 0 Å². The molecule has 0 aliphatic heterocycles. The third-order valence-electron chi connectivity index (χ3n) is 4.38. The van der Waals surface area contributed by atoms with Crippen LogP contribution in [0.3, 0.4) is 0 Å². The van der Waals surface area contributed by atoms with Gasteiger partial charge in [-0.15, -0.1) is 10.2 Å². The molecule has 4 aromatic rings. The Morgan fingerprint density at radius 2 is 1.57 bits per heavy atom. The number of imidazole rings is 1. The van der Waals surface area contributed by atoms with Crippen LogP contribution in [0.2, 0.25) is 0 Å². The van der Waals surface area contributed by atoms with E-state index in [9.17, 15) is 4.21 Å². The van der Waals surface area contributed by atoms with Gasteiger partial charge in [0.05, 0.1) is 16.6 Å². The molecule has 0 N–H and O–H groups in total. The van der Waals surface area contributed by atoms with Crippen LogP contribution in [0.25, 0.3) is 5.65 Å². The number of fused-ring (bicyclic) bond motifs is 1. The van der Waals surface area contributed by atoms with E-state index < -0.39 is 10.8 Å². The van der Waals surface area contributed by atoms with Crippen LogP contribution in [0.4, 0.5) is 0 Å². The highest BCUT2D eigenvalue weighted by molar-refractivity contribution is 7.84. The fourth-order valence-corrected chi connectivity index (χ4v) is 3.90. The molecule has 6 nitrogen and oxygen atoms in total. The van der Waals surface area contributed by atoms with Crippen LogP contribution in [-0.4, -0.2) is 23.8 Å². The van der Waals surface area contributed by atoms with Gasteiger partial charge >= 0.3 is 0 Å². The van der Waals surface area contributed by atoms with Crippen LogP contribution >= 0.6 is 0 Å². The van der Waals surface area contributed by atoms with E-state index in [-0.39, 0.29) is 0 Å². The minimum atomic E-state index is -1.35. The first kappa shape index (κ1) is 18.3. The van der Waals surface area contributed by atoms with Gasteiger partial charge in [-0.1, -0.05) is 59.7 Å². The lowest BCUT2D eigenvalue weighted by Gasteiger charge is -2.09. The van der Waals surface area contributed by atoms with Crippen molar-refractivity contribution >= 4 is 16.4 Å². The molecule has 0 fully saturated rings. The van der Waals surface area contributed by atoms with Crippen LogP contribution in [0.5, 0.6) is 5.88 Å². The molecular formula is C21H20N4O2S. The maximum atomic E-state index is 12.9. The zero-order valence-corrected chi connectivity index (χ0v) is 16.5. The Balaban J connectivity index is 1.55. The van der Waals surface area contributed by atoms with Crippen molar-refractivity contribution in [3.63, 3.8) is 0 Å². The number of rotatable bonds is 6. The predicted molar refractivity (Wildman–Crippen MR) is 108 cm³/mol. The third kappa shape index (κ3) is 3.94. The molecule has 1 atom stereocenters. The summed E-state index contributed by atoms with van der Waals surface area (Å²) >= 11 is 0. The quantitative estimate of drug-likeness (QED) is 0.501. The van der Waals surface area contributed by atoms with Crippen molar-refractivity contribution in [3.8, 4) is 5.88 Å². The molecule has 0 saturated heterocycles. The summed E-state index contributed by atoms with van der Waals surface area (Å²) in [6.07, 6.45) is 3.36. The first-order valence-electron chi connectivity index (χ1n) is 8.92. The molecule has 1 unspecified atom stereocenters. The molecule has 0 aliphatic carbocycles. The van der Waals surface area contributed by atoms with Gasteiger partial charge in [-0.05, 0) is 25.0 Å². The predicted octanol–water partition coefficient (Wildman–Crippen LogP) is 3.63. The van der Waals surface area contributed by atoms with Crippen LogP contribution in [0.1, 0.15) is 22.3 Å². The van der Waals surface area contributed by atoms with Crippen LogP contribution < -0.4 is 4.74 Å². The standard InChI is InChI=1S/C21H20N4O2S/c1-15-3-7-17(8-4-15)13-27-20-19-22-11-12-25(19)21(24-23-20)28(26)14-18-9-5-16(2)6-10-18/h3-12H,13-14H2,1-2H3. The zero-order chi connectivity index (χ0) is 19.5. The molecule has 142 valence electrons. The molecule has 28 heavy (non-hydrogen) atoms. The van der Waals surface area contributed by atoms with E-state index in [0.29, 0.717) is 29.0 Å². The summed E-state index contributed by atoms with van der Waals surface area (Å²) in [5.41, 5.74) is 4.89. The lowest BCUT2D eigenvalue weighted by molar-refractivity contribution is 0.290. The van der Waals surface area contributed by atoms with E-state index in [1.807, 2.05) is 62.4 Å². The second-order valence-corrected chi connectivity index (χ2v) is 8.00. The van der Waals surface area contributed by atoms with Crippen molar-refractivity contribution in [2.24, 2.45) is 0 Å². The highest BCUT2D eigenvalue weighted by Crippen LogP contribution is 2.19. The van der Waals surface area contributed by atoms with E-state index >= 15 is 0 Å². The fourth-order valence-electron chi connectivity index (χ4n) is 2.78. The number of ether oxygens (including phenoxy) is 1. The lowest BCUT2D eigenvalue weighted by Crippen LogP contribution is -2.10. The fraction of sp³-hybridized carbons (Fsp3) is 0.190. The lowest BCUT2D eigenvalue weighted by atomic mass is 10.2. The van der Waals surface area contributed by atoms with E-state index in [1.54, 1.807) is 16.8 Å². The summed E-state index contributed by atoms with van der Waals surface area (Å²) in [6.45, 7) is 4.43. The Bertz CT molecular complexity index is 1120. The molecule has 0 aliphatic rings. The SMILES string of the molecule is Cc1ccc(COc2nnc(S(=O)Cc3ccc(C)cc3)n3ccnc23)cc1. The molecular weight excluding hydrogens is 372 g/mol. The molecule has 0 bridgehead atoms. The van der Waals surface area contributed by atoms with Crippen molar-refractivity contribution in [3.05, 3.63) is 83.2 Å². The molecule has 2 heterocycles. The largest absolute Gasteiger partial charge is 0.469 e. The van der Waals surface area contributed by atoms with Gasteiger partial charge in [0.1, 0.15) is 6.61 Å². The molecule has 2 aromatic carbocycles. The van der Waals surface area contributed by atoms with Crippen LogP contribution in [0, 0.1) is 13.8 Å². The smallest absolute Gasteiger partial charge is 0.278 e. The van der Waals surface area contributed by atoms with Crippen LogP contribution in [0.15, 0.2) is 66.1 Å². The second-order valence-electron chi connectivity index (χ2n) is 6.66. The summed E-state index contributed by atoms with van der Waals surface area (Å²) in [7, 11) is -1.35. The minimum absolute atomic E-state index is 0.321. The van der Waals surface area contributed by atoms with Gasteiger partial charge in [0.25, 0.3) is 5.88 Å². The summed E-state index contributed by atoms with van der Waals surface area (Å²) in [4.78, 5) is 4.31. The molecule has 0 amide bonds. The first-order chi connectivity index (χ1) is 13.6. The van der Waals surface area contributed by atoms with E-state index in [2.05, 4.69) is 15.2 Å². The number of hydrogen-bond acceptors (Lipinski definition) is 5. The number of nitrogens with zero attached hydrogens (tertiary/aromatic N) is 4. The van der Waals surface area contributed by atoms with Gasteiger partial charge in [-0.3, -0.25) is 8.61 Å². The van der Waals surface area contributed by atoms with Crippen molar-refractivity contribution < 1.29 is 8.95 Å². The van der Waals surface area contributed by atoms with Crippen molar-refractivity contribution in [2.45, 2.75) is 31.4 Å². The van der Waals surface area contributed by atoms with Crippen molar-refractivity contribution in [1.29, 1.82) is 0 Å². The van der Waals surface area contributed by atoms with E-state index in [4.69, 9.17) is 4.74 Å². The maximum absolute atomic E-state index is 12.9. The zero-order valence-electron chi connectivity index (χ0n) is 15.7. The summed E-state index contributed by atoms with van der Waals surface area (Å²) in [6, 6.07) is 16.1. The molecule has 2 aromatic heterocycles. The number of hydrogen-bond donors (Lipinski definition) is 0. The monoisotopic (exact) mass is 392 g/mol.